The molecule has 0 fully saturated rings. The molecule has 12 nitrogen and oxygen atoms in total. The smallest absolute Gasteiger partial charge is 0.345 e. The molecule has 0 radical (unpaired) electrons. The minimum atomic E-state index is -4.32. The number of hydrogen-bond donors (Lipinski definition) is 5. The van der Waals surface area contributed by atoms with Crippen LogP contribution in [0.3, 0.4) is 0 Å². The van der Waals surface area contributed by atoms with E-state index >= 15 is 0 Å². The summed E-state index contributed by atoms with van der Waals surface area (Å²) in [6, 6.07) is 15.4. The van der Waals surface area contributed by atoms with E-state index in [0.717, 1.165) is 42.3 Å². The Kier molecular flexibility index (Phi) is 9.08. The predicted molar refractivity (Wildman–Crippen MR) is 154 cm³/mol. The van der Waals surface area contributed by atoms with E-state index in [0.29, 0.717) is 18.9 Å². The Hall–Kier alpha value is -4.23. The van der Waals surface area contributed by atoms with Gasteiger partial charge in [0.1, 0.15) is 6.61 Å². The first-order chi connectivity index (χ1) is 19.5. The van der Waals surface area contributed by atoms with Crippen molar-refractivity contribution >= 4 is 33.6 Å². The van der Waals surface area contributed by atoms with Gasteiger partial charge in [-0.25, -0.2) is 18.2 Å². The van der Waals surface area contributed by atoms with Crippen LogP contribution in [0.2, 0.25) is 0 Å². The summed E-state index contributed by atoms with van der Waals surface area (Å²) in [6.45, 7) is 5.79. The van der Waals surface area contributed by atoms with Gasteiger partial charge in [-0.2, -0.15) is 4.72 Å². The third-order valence-electron chi connectivity index (χ3n) is 6.86. The molecule has 2 heterocycles. The Balaban J connectivity index is 1.34. The van der Waals surface area contributed by atoms with Crippen LogP contribution < -0.4 is 15.4 Å². The number of aliphatic carboxylic acids is 1. The van der Waals surface area contributed by atoms with Gasteiger partial charge >= 0.3 is 5.97 Å². The van der Waals surface area contributed by atoms with Gasteiger partial charge in [0.2, 0.25) is 21.6 Å². The molecular formula is C28H34N6O6S. The third-order valence-corrected chi connectivity index (χ3v) is 8.43. The van der Waals surface area contributed by atoms with Crippen molar-refractivity contribution in [3.8, 4) is 11.1 Å². The highest BCUT2D eigenvalue weighted by atomic mass is 32.2. The Morgan fingerprint density at radius 1 is 1.07 bits per heavy atom. The van der Waals surface area contributed by atoms with Gasteiger partial charge in [-0.1, -0.05) is 54.0 Å². The van der Waals surface area contributed by atoms with Gasteiger partial charge in [-0.05, 0) is 56.9 Å². The van der Waals surface area contributed by atoms with Crippen molar-refractivity contribution < 1.29 is 28.0 Å². The number of H-pyrrole nitrogens is 1. The summed E-state index contributed by atoms with van der Waals surface area (Å²) < 4.78 is 28.3. The number of carbonyl (C=O) groups is 2. The second-order valence-corrected chi connectivity index (χ2v) is 11.8. The second kappa shape index (κ2) is 12.5. The molecule has 2 atom stereocenters. The molecule has 5 N–H and O–H groups in total. The third kappa shape index (κ3) is 7.30. The highest BCUT2D eigenvalue weighted by Crippen LogP contribution is 2.22. The number of rotatable bonds is 13. The molecule has 0 aliphatic carbocycles. The van der Waals surface area contributed by atoms with Gasteiger partial charge in [0.25, 0.3) is 5.91 Å². The summed E-state index contributed by atoms with van der Waals surface area (Å²) in [7, 11) is -4.32. The Morgan fingerprint density at radius 2 is 1.76 bits per heavy atom. The SMILES string of the molecule is Cc1nc(NCCCCC2CON=C2C(=O)NC(C)(NS(=O)(=O)c2ccc(-c3ccccc3)cc2)C(=O)O)[nH]c1C. The summed E-state index contributed by atoms with van der Waals surface area (Å²) in [5.41, 5.74) is 1.31. The lowest BCUT2D eigenvalue weighted by Gasteiger charge is -2.27. The first-order valence-electron chi connectivity index (χ1n) is 13.2. The lowest BCUT2D eigenvalue weighted by molar-refractivity contribution is -0.146. The lowest BCUT2D eigenvalue weighted by atomic mass is 9.97. The zero-order valence-corrected chi connectivity index (χ0v) is 23.9. The maximum Gasteiger partial charge on any atom is 0.345 e. The van der Waals surface area contributed by atoms with Crippen LogP contribution in [0.1, 0.15) is 37.6 Å². The molecule has 0 saturated heterocycles. The normalized spacial score (nSPS) is 16.4. The number of aromatic amines is 1. The maximum absolute atomic E-state index is 13.1. The highest BCUT2D eigenvalue weighted by Gasteiger charge is 2.42. The number of imidazole rings is 1. The molecule has 3 aromatic rings. The minimum absolute atomic E-state index is 0.0223. The first-order valence-corrected chi connectivity index (χ1v) is 14.7. The molecule has 1 aromatic heterocycles. The molecule has 1 aliphatic heterocycles. The quantitative estimate of drug-likeness (QED) is 0.151. The number of unbranched alkanes of at least 4 members (excludes halogenated alkanes) is 1. The number of hydrogen-bond acceptors (Lipinski definition) is 8. The molecule has 0 bridgehead atoms. The van der Waals surface area contributed by atoms with Gasteiger partial charge in [0.15, 0.2) is 5.71 Å². The fraction of sp³-hybridized carbons (Fsp3) is 0.357. The van der Waals surface area contributed by atoms with E-state index in [1.807, 2.05) is 44.2 Å². The predicted octanol–water partition coefficient (Wildman–Crippen LogP) is 3.17. The van der Waals surface area contributed by atoms with Crippen LogP contribution in [0.15, 0.2) is 64.6 Å². The molecule has 218 valence electrons. The number of benzene rings is 2. The molecule has 1 amide bonds. The monoisotopic (exact) mass is 582 g/mol. The van der Waals surface area contributed by atoms with E-state index in [4.69, 9.17) is 4.84 Å². The van der Waals surface area contributed by atoms with Gasteiger partial charge in [-0.15, -0.1) is 0 Å². The number of carboxylic acid groups (broad SMARTS) is 1. The van der Waals surface area contributed by atoms with Crippen LogP contribution >= 0.6 is 0 Å². The van der Waals surface area contributed by atoms with Crippen LogP contribution in [0.5, 0.6) is 0 Å². The number of anilines is 1. The number of aromatic nitrogens is 2. The summed E-state index contributed by atoms with van der Waals surface area (Å²) in [6.07, 6.45) is 2.11. The van der Waals surface area contributed by atoms with E-state index in [2.05, 4.69) is 30.5 Å². The van der Waals surface area contributed by atoms with Crippen molar-refractivity contribution in [3.63, 3.8) is 0 Å². The molecule has 2 unspecified atom stereocenters. The largest absolute Gasteiger partial charge is 0.478 e. The number of carboxylic acids is 1. The highest BCUT2D eigenvalue weighted by molar-refractivity contribution is 7.89. The number of oxime groups is 1. The fourth-order valence-electron chi connectivity index (χ4n) is 4.35. The molecule has 0 spiro atoms. The topological polar surface area (TPSA) is 175 Å². The fourth-order valence-corrected chi connectivity index (χ4v) is 5.64. The van der Waals surface area contributed by atoms with Gasteiger partial charge < -0.3 is 25.6 Å². The van der Waals surface area contributed by atoms with E-state index in [-0.39, 0.29) is 23.1 Å². The lowest BCUT2D eigenvalue weighted by Crippen LogP contribution is -2.64. The van der Waals surface area contributed by atoms with Crippen LogP contribution in [-0.2, 0) is 24.4 Å². The number of nitrogens with zero attached hydrogens (tertiary/aromatic N) is 2. The number of sulfonamides is 1. The summed E-state index contributed by atoms with van der Waals surface area (Å²) in [5, 5.41) is 19.2. The summed E-state index contributed by atoms with van der Waals surface area (Å²) >= 11 is 0. The van der Waals surface area contributed by atoms with Crippen LogP contribution in [0.25, 0.3) is 11.1 Å². The average molecular weight is 583 g/mol. The van der Waals surface area contributed by atoms with Crippen LogP contribution in [0.4, 0.5) is 5.95 Å². The molecule has 41 heavy (non-hydrogen) atoms. The standard InChI is InChI=1S/C28H34N6O6S/c1-18-19(2)31-27(30-18)29-16-8-7-11-22-17-40-33-24(22)25(35)32-28(3,26(36)37)34-41(38,39)23-14-12-21(13-15-23)20-9-5-4-6-10-20/h4-6,9-10,12-15,22,34H,7-8,11,16-17H2,1-3H3,(H,32,35)(H,36,37)(H2,29,30,31). The zero-order chi connectivity index (χ0) is 29.6. The Morgan fingerprint density at radius 3 is 2.39 bits per heavy atom. The van der Waals surface area contributed by atoms with Gasteiger partial charge in [0, 0.05) is 18.2 Å². The number of carbonyl (C=O) groups excluding carboxylic acids is 1. The molecule has 4 rings (SSSR count). The van der Waals surface area contributed by atoms with Crippen molar-refractivity contribution in [2.45, 2.75) is 50.6 Å². The Bertz CT molecular complexity index is 1500. The molecule has 0 saturated carbocycles. The summed E-state index contributed by atoms with van der Waals surface area (Å²) in [4.78, 5) is 37.7. The average Bonchev–Trinajstić information content (AvgIpc) is 3.54. The van der Waals surface area contributed by atoms with Gasteiger partial charge in [-0.3, -0.25) is 4.79 Å². The van der Waals surface area contributed by atoms with Crippen LogP contribution in [-0.4, -0.2) is 59.9 Å². The van der Waals surface area contributed by atoms with E-state index < -0.39 is 27.6 Å². The van der Waals surface area contributed by atoms with Crippen molar-refractivity contribution in [3.05, 3.63) is 66.0 Å². The van der Waals surface area contributed by atoms with Crippen molar-refractivity contribution in [2.24, 2.45) is 11.1 Å². The second-order valence-electron chi connectivity index (χ2n) is 10.1. The van der Waals surface area contributed by atoms with Crippen molar-refractivity contribution in [1.29, 1.82) is 0 Å². The number of nitrogens with one attached hydrogen (secondary N) is 4. The first kappa shape index (κ1) is 29.7. The molecular weight excluding hydrogens is 548 g/mol. The van der Waals surface area contributed by atoms with Crippen molar-refractivity contribution in [1.82, 2.24) is 20.0 Å². The molecule has 1 aliphatic rings. The molecule has 13 heteroatoms. The van der Waals surface area contributed by atoms with E-state index in [1.54, 1.807) is 12.1 Å². The van der Waals surface area contributed by atoms with Crippen molar-refractivity contribution in [2.75, 3.05) is 18.5 Å². The van der Waals surface area contributed by atoms with E-state index in [1.165, 1.54) is 12.1 Å². The van der Waals surface area contributed by atoms with E-state index in [9.17, 15) is 23.1 Å². The van der Waals surface area contributed by atoms with Gasteiger partial charge in [0.05, 0.1) is 10.6 Å². The van der Waals surface area contributed by atoms with Crippen LogP contribution in [0, 0.1) is 19.8 Å². The maximum atomic E-state index is 13.1. The molecule has 2 aromatic carbocycles. The zero-order valence-electron chi connectivity index (χ0n) is 23.1. The number of amides is 1. The minimum Gasteiger partial charge on any atom is -0.478 e. The summed E-state index contributed by atoms with van der Waals surface area (Å²) in [5.74, 6) is -2.06. The number of aryl methyl sites for hydroxylation is 2. The Labute approximate surface area is 238 Å².